The van der Waals surface area contributed by atoms with E-state index >= 15 is 0 Å². The number of aryl methyl sites for hydroxylation is 2. The van der Waals surface area contributed by atoms with Crippen molar-refractivity contribution in [2.75, 3.05) is 22.4 Å². The van der Waals surface area contributed by atoms with Crippen LogP contribution >= 0.6 is 11.6 Å². The average Bonchev–Trinajstić information content (AvgIpc) is 2.55. The fourth-order valence-electron chi connectivity index (χ4n) is 2.96. The van der Waals surface area contributed by atoms with Crippen LogP contribution in [0.25, 0.3) is 0 Å². The van der Waals surface area contributed by atoms with Crippen LogP contribution in [-0.4, -0.2) is 27.1 Å². The molecular weight excluding hydrogens is 360 g/mol. The van der Waals surface area contributed by atoms with Gasteiger partial charge in [-0.2, -0.15) is 0 Å². The van der Waals surface area contributed by atoms with Crippen molar-refractivity contribution in [1.29, 1.82) is 0 Å². The maximum Gasteiger partial charge on any atom is 0.255 e. The third-order valence-corrected chi connectivity index (χ3v) is 5.68. The summed E-state index contributed by atoms with van der Waals surface area (Å²) in [6.45, 7) is 2.39. The fourth-order valence-corrected chi connectivity index (χ4v) is 4.24. The number of carbonyl (C=O) groups is 1. The van der Waals surface area contributed by atoms with Gasteiger partial charge in [0.05, 0.1) is 22.7 Å². The summed E-state index contributed by atoms with van der Waals surface area (Å²) < 4.78 is 25.2. The average molecular weight is 379 g/mol. The van der Waals surface area contributed by atoms with Crippen molar-refractivity contribution in [3.05, 3.63) is 58.1 Å². The number of fused-ring (bicyclic) bond motifs is 1. The zero-order valence-electron chi connectivity index (χ0n) is 14.0. The summed E-state index contributed by atoms with van der Waals surface area (Å²) in [4.78, 5) is 12.5. The second-order valence-electron chi connectivity index (χ2n) is 6.22. The second-order valence-corrected chi connectivity index (χ2v) is 8.53. The molecule has 1 N–H and O–H groups in total. The SMILES string of the molecule is Cc1ccc(NC(=O)c2ccc3c(c2)CCCN3S(C)(=O)=O)c(Cl)c1. The summed E-state index contributed by atoms with van der Waals surface area (Å²) in [5.41, 5.74) is 3.55. The van der Waals surface area contributed by atoms with Gasteiger partial charge in [-0.3, -0.25) is 9.10 Å². The Bertz CT molecular complexity index is 941. The van der Waals surface area contributed by atoms with E-state index in [0.29, 0.717) is 28.5 Å². The fraction of sp³-hybridized carbons (Fsp3) is 0.278. The van der Waals surface area contributed by atoms with Crippen molar-refractivity contribution in [3.8, 4) is 0 Å². The molecule has 1 heterocycles. The van der Waals surface area contributed by atoms with E-state index in [-0.39, 0.29) is 5.91 Å². The minimum atomic E-state index is -3.32. The van der Waals surface area contributed by atoms with Gasteiger partial charge in [0.15, 0.2) is 0 Å². The van der Waals surface area contributed by atoms with Crippen LogP contribution in [0.1, 0.15) is 27.9 Å². The molecule has 2 aromatic carbocycles. The van der Waals surface area contributed by atoms with Gasteiger partial charge in [0, 0.05) is 12.1 Å². The first-order valence-electron chi connectivity index (χ1n) is 7.94. The van der Waals surface area contributed by atoms with Crippen LogP contribution < -0.4 is 9.62 Å². The van der Waals surface area contributed by atoms with Gasteiger partial charge in [0.1, 0.15) is 0 Å². The van der Waals surface area contributed by atoms with Crippen molar-refractivity contribution in [2.24, 2.45) is 0 Å². The van der Waals surface area contributed by atoms with Crippen LogP contribution in [0.3, 0.4) is 0 Å². The number of benzene rings is 2. The van der Waals surface area contributed by atoms with Gasteiger partial charge >= 0.3 is 0 Å². The lowest BCUT2D eigenvalue weighted by Gasteiger charge is -2.29. The molecule has 2 aromatic rings. The molecule has 1 aliphatic rings. The minimum Gasteiger partial charge on any atom is -0.321 e. The molecule has 0 fully saturated rings. The molecule has 1 aliphatic heterocycles. The van der Waals surface area contributed by atoms with Gasteiger partial charge in [0.2, 0.25) is 10.0 Å². The van der Waals surface area contributed by atoms with E-state index in [9.17, 15) is 13.2 Å². The van der Waals surface area contributed by atoms with E-state index in [2.05, 4.69) is 5.32 Å². The van der Waals surface area contributed by atoms with Gasteiger partial charge in [-0.25, -0.2) is 8.42 Å². The standard InChI is InChI=1S/C18H19ClN2O3S/c1-12-5-7-16(15(19)10-12)20-18(22)14-6-8-17-13(11-14)4-3-9-21(17)25(2,23)24/h5-8,10-11H,3-4,9H2,1-2H3,(H,20,22). The van der Waals surface area contributed by atoms with E-state index in [1.807, 2.05) is 13.0 Å². The molecule has 0 saturated heterocycles. The molecule has 25 heavy (non-hydrogen) atoms. The molecular formula is C18H19ClN2O3S. The Morgan fingerprint density at radius 2 is 1.96 bits per heavy atom. The van der Waals surface area contributed by atoms with E-state index in [1.54, 1.807) is 30.3 Å². The van der Waals surface area contributed by atoms with E-state index in [0.717, 1.165) is 24.0 Å². The molecule has 132 valence electrons. The molecule has 0 bridgehead atoms. The van der Waals surface area contributed by atoms with Gasteiger partial charge in [-0.15, -0.1) is 0 Å². The Morgan fingerprint density at radius 3 is 2.64 bits per heavy atom. The summed E-state index contributed by atoms with van der Waals surface area (Å²) in [6, 6.07) is 10.5. The molecule has 5 nitrogen and oxygen atoms in total. The molecule has 0 aromatic heterocycles. The lowest BCUT2D eigenvalue weighted by molar-refractivity contribution is 0.102. The zero-order chi connectivity index (χ0) is 18.2. The quantitative estimate of drug-likeness (QED) is 0.887. The Morgan fingerprint density at radius 1 is 1.20 bits per heavy atom. The first kappa shape index (κ1) is 17.8. The molecule has 0 radical (unpaired) electrons. The van der Waals surface area contributed by atoms with Gasteiger partial charge in [-0.05, 0) is 61.2 Å². The van der Waals surface area contributed by atoms with Gasteiger partial charge in [0.25, 0.3) is 5.91 Å². The Hall–Kier alpha value is -2.05. The van der Waals surface area contributed by atoms with Crippen LogP contribution in [0.15, 0.2) is 36.4 Å². The number of nitrogens with one attached hydrogen (secondary N) is 1. The van der Waals surface area contributed by atoms with E-state index in [1.165, 1.54) is 10.6 Å². The van der Waals surface area contributed by atoms with Crippen LogP contribution in [0.2, 0.25) is 5.02 Å². The van der Waals surface area contributed by atoms with E-state index in [4.69, 9.17) is 11.6 Å². The molecule has 0 unspecified atom stereocenters. The smallest absolute Gasteiger partial charge is 0.255 e. The largest absolute Gasteiger partial charge is 0.321 e. The van der Waals surface area contributed by atoms with Crippen molar-refractivity contribution in [3.63, 3.8) is 0 Å². The highest BCUT2D eigenvalue weighted by Crippen LogP contribution is 2.30. The predicted molar refractivity (Wildman–Crippen MR) is 101 cm³/mol. The highest BCUT2D eigenvalue weighted by atomic mass is 35.5. The number of amides is 1. The van der Waals surface area contributed by atoms with Crippen LogP contribution in [-0.2, 0) is 16.4 Å². The second kappa shape index (κ2) is 6.69. The molecule has 7 heteroatoms. The van der Waals surface area contributed by atoms with E-state index < -0.39 is 10.0 Å². The van der Waals surface area contributed by atoms with Crippen molar-refractivity contribution < 1.29 is 13.2 Å². The van der Waals surface area contributed by atoms with Crippen molar-refractivity contribution in [2.45, 2.75) is 19.8 Å². The first-order valence-corrected chi connectivity index (χ1v) is 10.2. The zero-order valence-corrected chi connectivity index (χ0v) is 15.6. The van der Waals surface area contributed by atoms with Crippen LogP contribution in [0, 0.1) is 6.92 Å². The number of sulfonamides is 1. The Kier molecular flexibility index (Phi) is 4.75. The molecule has 0 atom stereocenters. The third kappa shape index (κ3) is 3.80. The number of hydrogen-bond acceptors (Lipinski definition) is 3. The summed E-state index contributed by atoms with van der Waals surface area (Å²) in [6.07, 6.45) is 2.67. The van der Waals surface area contributed by atoms with Crippen LogP contribution in [0.4, 0.5) is 11.4 Å². The highest BCUT2D eigenvalue weighted by molar-refractivity contribution is 7.92. The highest BCUT2D eigenvalue weighted by Gasteiger charge is 2.24. The molecule has 1 amide bonds. The number of halogens is 1. The van der Waals surface area contributed by atoms with Crippen LogP contribution in [0.5, 0.6) is 0 Å². The van der Waals surface area contributed by atoms with Gasteiger partial charge < -0.3 is 5.32 Å². The normalized spacial score (nSPS) is 14.1. The first-order chi connectivity index (χ1) is 11.8. The lowest BCUT2D eigenvalue weighted by atomic mass is 10.0. The summed E-state index contributed by atoms with van der Waals surface area (Å²) in [5, 5.41) is 3.28. The number of anilines is 2. The minimum absolute atomic E-state index is 0.273. The molecule has 3 rings (SSSR count). The monoisotopic (exact) mass is 378 g/mol. The maximum atomic E-state index is 12.5. The Labute approximate surface area is 152 Å². The Balaban J connectivity index is 1.88. The molecule has 0 spiro atoms. The lowest BCUT2D eigenvalue weighted by Crippen LogP contribution is -2.34. The number of nitrogens with zero attached hydrogens (tertiary/aromatic N) is 1. The molecule has 0 saturated carbocycles. The summed E-state index contributed by atoms with van der Waals surface area (Å²) in [5.74, 6) is -0.273. The van der Waals surface area contributed by atoms with Crippen molar-refractivity contribution >= 4 is 38.9 Å². The number of rotatable bonds is 3. The summed E-state index contributed by atoms with van der Waals surface area (Å²) in [7, 11) is -3.32. The van der Waals surface area contributed by atoms with Crippen molar-refractivity contribution in [1.82, 2.24) is 0 Å². The maximum absolute atomic E-state index is 12.5. The number of hydrogen-bond donors (Lipinski definition) is 1. The van der Waals surface area contributed by atoms with Gasteiger partial charge in [-0.1, -0.05) is 17.7 Å². The number of carbonyl (C=O) groups excluding carboxylic acids is 1. The predicted octanol–water partition coefficient (Wildman–Crippen LogP) is 3.61. The topological polar surface area (TPSA) is 66.5 Å². The third-order valence-electron chi connectivity index (χ3n) is 4.19. The summed E-state index contributed by atoms with van der Waals surface area (Å²) >= 11 is 6.16. The molecule has 0 aliphatic carbocycles.